The summed E-state index contributed by atoms with van der Waals surface area (Å²) in [5, 5.41) is 5.05. The Morgan fingerprint density at radius 2 is 1.90 bits per heavy atom. The molecule has 1 aromatic rings. The molecule has 0 aliphatic heterocycles. The number of sulfonamides is 1. The summed E-state index contributed by atoms with van der Waals surface area (Å²) in [6.45, 7) is 0.850. The molecule has 0 spiro atoms. The summed E-state index contributed by atoms with van der Waals surface area (Å²) in [5.74, 6) is 0.811. The quantitative estimate of drug-likeness (QED) is 0.865. The third-order valence-electron chi connectivity index (χ3n) is 4.06. The summed E-state index contributed by atoms with van der Waals surface area (Å²) in [4.78, 5) is 13.9. The van der Waals surface area contributed by atoms with Gasteiger partial charge in [-0.1, -0.05) is 18.6 Å². The van der Waals surface area contributed by atoms with Crippen molar-refractivity contribution in [3.8, 4) is 0 Å². The molecule has 1 aliphatic carbocycles. The van der Waals surface area contributed by atoms with Gasteiger partial charge in [0.05, 0.1) is 4.90 Å². The number of carbonyl (C=O) groups is 1. The summed E-state index contributed by atoms with van der Waals surface area (Å²) in [6.07, 6.45) is 4.79. The number of carbonyl (C=O) groups excluding carboxylic acids is 1. The third kappa shape index (κ3) is 4.54. The van der Waals surface area contributed by atoms with E-state index in [9.17, 15) is 13.2 Å². The average molecular weight is 310 g/mol. The smallest absolute Gasteiger partial charge is 0.238 e. The first-order valence-corrected chi connectivity index (χ1v) is 8.76. The SMILES string of the molecule is CN(CC1CCC1)C(=O)CCc1ccc(S(N)(=O)=O)cc1. The van der Waals surface area contributed by atoms with Gasteiger partial charge in [-0.15, -0.1) is 0 Å². The maximum atomic E-state index is 12.0. The molecule has 0 aromatic heterocycles. The molecule has 0 heterocycles. The fourth-order valence-electron chi connectivity index (χ4n) is 2.45. The highest BCUT2D eigenvalue weighted by atomic mass is 32.2. The van der Waals surface area contributed by atoms with Crippen LogP contribution in [-0.2, 0) is 21.2 Å². The molecular formula is C15H22N2O3S. The van der Waals surface area contributed by atoms with Crippen molar-refractivity contribution in [3.63, 3.8) is 0 Å². The zero-order valence-corrected chi connectivity index (χ0v) is 13.1. The summed E-state index contributed by atoms with van der Waals surface area (Å²) < 4.78 is 22.3. The molecule has 5 nitrogen and oxygen atoms in total. The summed E-state index contributed by atoms with van der Waals surface area (Å²) in [6, 6.07) is 6.37. The number of hydrogen-bond acceptors (Lipinski definition) is 3. The van der Waals surface area contributed by atoms with Crippen LogP contribution in [0, 0.1) is 5.92 Å². The molecule has 0 radical (unpaired) electrons. The number of primary sulfonamides is 1. The zero-order valence-electron chi connectivity index (χ0n) is 12.3. The highest BCUT2D eigenvalue weighted by molar-refractivity contribution is 7.89. The number of nitrogens with two attached hydrogens (primary N) is 1. The van der Waals surface area contributed by atoms with Crippen molar-refractivity contribution < 1.29 is 13.2 Å². The predicted molar refractivity (Wildman–Crippen MR) is 81.1 cm³/mol. The van der Waals surface area contributed by atoms with E-state index in [1.807, 2.05) is 11.9 Å². The molecule has 2 rings (SSSR count). The van der Waals surface area contributed by atoms with Crippen LogP contribution in [0.25, 0.3) is 0 Å². The topological polar surface area (TPSA) is 80.5 Å². The second-order valence-corrected chi connectivity index (χ2v) is 7.32. The monoisotopic (exact) mass is 310 g/mol. The summed E-state index contributed by atoms with van der Waals surface area (Å²) in [5.41, 5.74) is 0.938. The van der Waals surface area contributed by atoms with Gasteiger partial charge in [0.15, 0.2) is 0 Å². The zero-order chi connectivity index (χ0) is 15.5. The first-order chi connectivity index (χ1) is 9.86. The van der Waals surface area contributed by atoms with Gasteiger partial charge >= 0.3 is 0 Å². The lowest BCUT2D eigenvalue weighted by molar-refractivity contribution is -0.130. The summed E-state index contributed by atoms with van der Waals surface area (Å²) >= 11 is 0. The largest absolute Gasteiger partial charge is 0.345 e. The molecule has 1 aromatic carbocycles. The van der Waals surface area contributed by atoms with E-state index in [1.165, 1.54) is 31.4 Å². The van der Waals surface area contributed by atoms with E-state index in [2.05, 4.69) is 0 Å². The normalized spacial score (nSPS) is 15.5. The number of benzene rings is 1. The molecule has 0 saturated heterocycles. The molecule has 0 bridgehead atoms. The van der Waals surface area contributed by atoms with E-state index in [0.29, 0.717) is 18.8 Å². The maximum absolute atomic E-state index is 12.0. The second kappa shape index (κ2) is 6.58. The van der Waals surface area contributed by atoms with Gasteiger partial charge in [-0.2, -0.15) is 0 Å². The highest BCUT2D eigenvalue weighted by Crippen LogP contribution is 2.26. The minimum atomic E-state index is -3.65. The van der Waals surface area contributed by atoms with Gasteiger partial charge in [0, 0.05) is 20.0 Å². The lowest BCUT2D eigenvalue weighted by Crippen LogP contribution is -2.34. The third-order valence-corrected chi connectivity index (χ3v) is 4.99. The first kappa shape index (κ1) is 16.0. The molecule has 0 unspecified atom stereocenters. The van der Waals surface area contributed by atoms with E-state index in [4.69, 9.17) is 5.14 Å². The molecule has 1 saturated carbocycles. The van der Waals surface area contributed by atoms with Crippen LogP contribution in [0.1, 0.15) is 31.2 Å². The number of aryl methyl sites for hydroxylation is 1. The average Bonchev–Trinajstić information content (AvgIpc) is 2.39. The van der Waals surface area contributed by atoms with Gasteiger partial charge in [-0.3, -0.25) is 4.79 Å². The van der Waals surface area contributed by atoms with Crippen molar-refractivity contribution in [2.75, 3.05) is 13.6 Å². The predicted octanol–water partition coefficient (Wildman–Crippen LogP) is 1.53. The molecule has 21 heavy (non-hydrogen) atoms. The van der Waals surface area contributed by atoms with Crippen LogP contribution in [0.15, 0.2) is 29.2 Å². The van der Waals surface area contributed by atoms with Crippen molar-refractivity contribution in [1.29, 1.82) is 0 Å². The lowest BCUT2D eigenvalue weighted by Gasteiger charge is -2.30. The van der Waals surface area contributed by atoms with Gasteiger partial charge in [-0.05, 0) is 42.9 Å². The number of hydrogen-bond donors (Lipinski definition) is 1. The second-order valence-electron chi connectivity index (χ2n) is 5.76. The van der Waals surface area contributed by atoms with Crippen LogP contribution in [-0.4, -0.2) is 32.8 Å². The molecule has 116 valence electrons. The minimum Gasteiger partial charge on any atom is -0.345 e. The number of nitrogens with zero attached hydrogens (tertiary/aromatic N) is 1. The molecule has 1 aliphatic rings. The fourth-order valence-corrected chi connectivity index (χ4v) is 2.97. The van der Waals surface area contributed by atoms with Crippen LogP contribution < -0.4 is 5.14 Å². The summed E-state index contributed by atoms with van der Waals surface area (Å²) in [7, 11) is -1.80. The Morgan fingerprint density at radius 1 is 1.29 bits per heavy atom. The number of amides is 1. The van der Waals surface area contributed by atoms with Crippen LogP contribution in [0.4, 0.5) is 0 Å². The van der Waals surface area contributed by atoms with Gasteiger partial charge in [-0.25, -0.2) is 13.6 Å². The Hall–Kier alpha value is -1.40. The Morgan fingerprint density at radius 3 is 2.38 bits per heavy atom. The van der Waals surface area contributed by atoms with Gasteiger partial charge in [0.25, 0.3) is 0 Å². The number of rotatable bonds is 6. The lowest BCUT2D eigenvalue weighted by atomic mass is 9.85. The van der Waals surface area contributed by atoms with Crippen molar-refractivity contribution in [1.82, 2.24) is 4.90 Å². The molecular weight excluding hydrogens is 288 g/mol. The van der Waals surface area contributed by atoms with E-state index in [1.54, 1.807) is 12.1 Å². The molecule has 1 fully saturated rings. The Balaban J connectivity index is 1.83. The standard InChI is InChI=1S/C15H22N2O3S/c1-17(11-13-3-2-4-13)15(18)10-7-12-5-8-14(9-6-12)21(16,19)20/h5-6,8-9,13H,2-4,7,10-11H2,1H3,(H2,16,19,20). The minimum absolute atomic E-state index is 0.0969. The highest BCUT2D eigenvalue weighted by Gasteiger charge is 2.21. The first-order valence-electron chi connectivity index (χ1n) is 7.22. The van der Waals surface area contributed by atoms with Crippen molar-refractivity contribution >= 4 is 15.9 Å². The van der Waals surface area contributed by atoms with Crippen molar-refractivity contribution in [2.24, 2.45) is 11.1 Å². The van der Waals surface area contributed by atoms with Gasteiger partial charge in [0.1, 0.15) is 0 Å². The van der Waals surface area contributed by atoms with Crippen LogP contribution >= 0.6 is 0 Å². The van der Waals surface area contributed by atoms with E-state index in [-0.39, 0.29) is 10.8 Å². The Labute approximate surface area is 126 Å². The van der Waals surface area contributed by atoms with Crippen molar-refractivity contribution in [3.05, 3.63) is 29.8 Å². The van der Waals surface area contributed by atoms with Crippen molar-refractivity contribution in [2.45, 2.75) is 37.0 Å². The van der Waals surface area contributed by atoms with E-state index < -0.39 is 10.0 Å². The van der Waals surface area contributed by atoms with Crippen LogP contribution in [0.2, 0.25) is 0 Å². The van der Waals surface area contributed by atoms with E-state index >= 15 is 0 Å². The van der Waals surface area contributed by atoms with Gasteiger partial charge in [0.2, 0.25) is 15.9 Å². The maximum Gasteiger partial charge on any atom is 0.238 e. The van der Waals surface area contributed by atoms with Gasteiger partial charge < -0.3 is 4.90 Å². The molecule has 1 amide bonds. The molecule has 2 N–H and O–H groups in total. The Bertz CT molecular complexity index is 592. The van der Waals surface area contributed by atoms with Crippen LogP contribution in [0.5, 0.6) is 0 Å². The molecule has 0 atom stereocenters. The van der Waals surface area contributed by atoms with E-state index in [0.717, 1.165) is 12.1 Å². The van der Waals surface area contributed by atoms with Crippen LogP contribution in [0.3, 0.4) is 0 Å². The fraction of sp³-hybridized carbons (Fsp3) is 0.533. The molecule has 6 heteroatoms. The Kier molecular flexibility index (Phi) is 5.00.